The lowest BCUT2D eigenvalue weighted by Gasteiger charge is -2.58. The number of carbonyl (C=O) groups is 1. The summed E-state index contributed by atoms with van der Waals surface area (Å²) in [6.07, 6.45) is 12.8. The molecule has 3 fully saturated rings. The molecule has 3 saturated carbocycles. The summed E-state index contributed by atoms with van der Waals surface area (Å²) in [5.74, 6) is 0.843. The Morgan fingerprint density at radius 1 is 1.22 bits per heavy atom. The van der Waals surface area contributed by atoms with Gasteiger partial charge >= 0.3 is 5.97 Å². The molecule has 5 nitrogen and oxygen atoms in total. The van der Waals surface area contributed by atoms with E-state index in [2.05, 4.69) is 31.2 Å². The molecule has 6 atom stereocenters. The maximum absolute atomic E-state index is 11.0. The van der Waals surface area contributed by atoms with Crippen molar-refractivity contribution in [3.8, 4) is 0 Å². The quantitative estimate of drug-likeness (QED) is 0.735. The van der Waals surface area contributed by atoms with Crippen LogP contribution in [0.1, 0.15) is 59.3 Å². The van der Waals surface area contributed by atoms with E-state index in [1.165, 1.54) is 12.0 Å². The van der Waals surface area contributed by atoms with Gasteiger partial charge in [-0.2, -0.15) is 0 Å². The highest BCUT2D eigenvalue weighted by Crippen LogP contribution is 2.66. The molecule has 0 unspecified atom stereocenters. The number of hydrogen-bond acceptors (Lipinski definition) is 4. The number of hydrogen-bond donors (Lipinski definition) is 2. The number of fused-ring (bicyclic) bond motifs is 5. The fraction of sp³-hybridized carbons (Fsp3) is 0.727. The van der Waals surface area contributed by atoms with Crippen molar-refractivity contribution < 1.29 is 19.8 Å². The van der Waals surface area contributed by atoms with Crippen LogP contribution in [-0.2, 0) is 9.63 Å². The predicted molar refractivity (Wildman–Crippen MR) is 103 cm³/mol. The van der Waals surface area contributed by atoms with Crippen LogP contribution in [0.25, 0.3) is 0 Å². The van der Waals surface area contributed by atoms with E-state index in [0.717, 1.165) is 32.1 Å². The molecule has 2 N–H and O–H groups in total. The van der Waals surface area contributed by atoms with E-state index in [0.29, 0.717) is 23.5 Å². The lowest BCUT2D eigenvalue weighted by Crippen LogP contribution is -2.53. The Balaban J connectivity index is 1.57. The van der Waals surface area contributed by atoms with E-state index in [9.17, 15) is 9.90 Å². The topological polar surface area (TPSA) is 79.1 Å². The van der Waals surface area contributed by atoms with Crippen molar-refractivity contribution in [2.75, 3.05) is 6.61 Å². The number of aliphatic hydroxyl groups is 1. The second-order valence-corrected chi connectivity index (χ2v) is 9.65. The molecule has 0 heterocycles. The van der Waals surface area contributed by atoms with Crippen LogP contribution in [0.2, 0.25) is 0 Å². The van der Waals surface area contributed by atoms with Gasteiger partial charge in [-0.05, 0) is 80.8 Å². The molecular weight excluding hydrogens is 342 g/mol. The number of rotatable bonds is 3. The first-order chi connectivity index (χ1) is 12.7. The molecule has 5 heteroatoms. The Morgan fingerprint density at radius 2 is 1.96 bits per heavy atom. The fourth-order valence-corrected chi connectivity index (χ4v) is 6.67. The molecule has 0 spiro atoms. The SMILES string of the molecule is C[C@]12C=C/C(=N/OCC(=O)O)C=C1CC[C@H]1[C@@H]2CC[C@@]2(C)[C@H]1CC[C@]2(C)O. The summed E-state index contributed by atoms with van der Waals surface area (Å²) in [4.78, 5) is 15.5. The standard InChI is InChI=1S/C22H31NO4/c1-20-9-6-15(23-27-13-19(24)25)12-14(20)4-5-16-17(20)7-10-21(2)18(16)8-11-22(21,3)26/h6,9,12,16-18,26H,4-5,7-8,10-11,13H2,1-3H3,(H,24,25)/b23-15-/t16-,17-,18-,20-,21-,22-/m0/s1. The molecule has 0 radical (unpaired) electrons. The van der Waals surface area contributed by atoms with E-state index >= 15 is 0 Å². The van der Waals surface area contributed by atoms with Crippen molar-refractivity contribution in [2.24, 2.45) is 33.7 Å². The Bertz CT molecular complexity index is 737. The van der Waals surface area contributed by atoms with Crippen molar-refractivity contribution >= 4 is 11.7 Å². The first-order valence-electron chi connectivity index (χ1n) is 10.2. The average molecular weight is 373 g/mol. The number of aliphatic carboxylic acids is 1. The lowest BCUT2D eigenvalue weighted by atomic mass is 9.47. The molecule has 0 aromatic heterocycles. The van der Waals surface area contributed by atoms with Crippen LogP contribution in [0, 0.1) is 28.6 Å². The van der Waals surface area contributed by atoms with E-state index in [1.54, 1.807) is 0 Å². The Kier molecular flexibility index (Phi) is 4.30. The first-order valence-corrected chi connectivity index (χ1v) is 10.2. The number of allylic oxidation sites excluding steroid dienone is 4. The van der Waals surface area contributed by atoms with E-state index < -0.39 is 18.2 Å². The van der Waals surface area contributed by atoms with Gasteiger partial charge in [0.05, 0.1) is 5.60 Å². The summed E-state index contributed by atoms with van der Waals surface area (Å²) in [5, 5.41) is 23.7. The van der Waals surface area contributed by atoms with Crippen LogP contribution < -0.4 is 0 Å². The van der Waals surface area contributed by atoms with Crippen LogP contribution in [0.3, 0.4) is 0 Å². The highest BCUT2D eigenvalue weighted by atomic mass is 16.6. The Labute approximate surface area is 161 Å². The highest BCUT2D eigenvalue weighted by Gasteiger charge is 2.61. The van der Waals surface area contributed by atoms with E-state index in [-0.39, 0.29) is 10.8 Å². The minimum absolute atomic E-state index is 0.0323. The summed E-state index contributed by atoms with van der Waals surface area (Å²) in [6, 6.07) is 0. The largest absolute Gasteiger partial charge is 0.479 e. The van der Waals surface area contributed by atoms with Crippen LogP contribution in [0.4, 0.5) is 0 Å². The molecule has 4 aliphatic rings. The van der Waals surface area contributed by atoms with Gasteiger partial charge in [0.2, 0.25) is 6.61 Å². The van der Waals surface area contributed by atoms with E-state index in [1.807, 2.05) is 13.0 Å². The van der Waals surface area contributed by atoms with Gasteiger partial charge in [-0.1, -0.05) is 30.7 Å². The summed E-state index contributed by atoms with van der Waals surface area (Å²) in [6.45, 7) is 6.29. The molecule has 0 bridgehead atoms. The molecule has 4 rings (SSSR count). The Hall–Kier alpha value is -1.62. The van der Waals surface area contributed by atoms with Crippen LogP contribution >= 0.6 is 0 Å². The maximum atomic E-state index is 11.0. The van der Waals surface area contributed by atoms with Gasteiger partial charge in [0.25, 0.3) is 0 Å². The molecule has 0 aromatic carbocycles. The Morgan fingerprint density at radius 3 is 2.70 bits per heavy atom. The molecular formula is C22H31NO4. The number of carboxylic acid groups (broad SMARTS) is 1. The number of carboxylic acids is 1. The first kappa shape index (κ1) is 18.7. The normalized spacial score (nSPS) is 47.0. The van der Waals surface area contributed by atoms with Crippen molar-refractivity contribution in [3.05, 3.63) is 23.8 Å². The minimum Gasteiger partial charge on any atom is -0.479 e. The van der Waals surface area contributed by atoms with Crippen molar-refractivity contribution in [1.29, 1.82) is 0 Å². The van der Waals surface area contributed by atoms with Crippen molar-refractivity contribution in [2.45, 2.75) is 64.9 Å². The van der Waals surface area contributed by atoms with Gasteiger partial charge in [0.15, 0.2) is 0 Å². The zero-order valence-corrected chi connectivity index (χ0v) is 16.6. The van der Waals surface area contributed by atoms with Crippen molar-refractivity contribution in [3.63, 3.8) is 0 Å². The highest BCUT2D eigenvalue weighted by molar-refractivity contribution is 6.05. The van der Waals surface area contributed by atoms with Gasteiger partial charge < -0.3 is 15.1 Å². The second kappa shape index (κ2) is 6.20. The molecule has 148 valence electrons. The smallest absolute Gasteiger partial charge is 0.344 e. The van der Waals surface area contributed by atoms with E-state index in [4.69, 9.17) is 9.94 Å². The fourth-order valence-electron chi connectivity index (χ4n) is 6.67. The summed E-state index contributed by atoms with van der Waals surface area (Å²) in [5.41, 5.74) is 1.62. The lowest BCUT2D eigenvalue weighted by molar-refractivity contribution is -0.142. The molecule has 0 amide bonds. The zero-order chi connectivity index (χ0) is 19.4. The zero-order valence-electron chi connectivity index (χ0n) is 16.6. The molecule has 0 aliphatic heterocycles. The summed E-state index contributed by atoms with van der Waals surface area (Å²) in [7, 11) is 0. The number of oxime groups is 1. The summed E-state index contributed by atoms with van der Waals surface area (Å²) < 4.78 is 0. The van der Waals surface area contributed by atoms with Gasteiger partial charge in [-0.3, -0.25) is 0 Å². The van der Waals surface area contributed by atoms with Crippen molar-refractivity contribution in [1.82, 2.24) is 0 Å². The summed E-state index contributed by atoms with van der Waals surface area (Å²) >= 11 is 0. The minimum atomic E-state index is -1.02. The van der Waals surface area contributed by atoms with Gasteiger partial charge in [0.1, 0.15) is 5.71 Å². The average Bonchev–Trinajstić information content (AvgIpc) is 2.84. The molecule has 0 saturated heterocycles. The third kappa shape index (κ3) is 2.77. The van der Waals surface area contributed by atoms with Gasteiger partial charge in [-0.15, -0.1) is 0 Å². The van der Waals surface area contributed by atoms with Crippen LogP contribution in [-0.4, -0.2) is 34.1 Å². The van der Waals surface area contributed by atoms with Crippen LogP contribution in [0.15, 0.2) is 29.0 Å². The third-order valence-corrected chi connectivity index (χ3v) is 8.49. The van der Waals surface area contributed by atoms with Crippen LogP contribution in [0.5, 0.6) is 0 Å². The number of nitrogens with zero attached hydrogens (tertiary/aromatic N) is 1. The monoisotopic (exact) mass is 373 g/mol. The molecule has 4 aliphatic carbocycles. The molecule has 0 aromatic rings. The maximum Gasteiger partial charge on any atom is 0.344 e. The molecule has 27 heavy (non-hydrogen) atoms. The predicted octanol–water partition coefficient (Wildman–Crippen LogP) is 3.93. The van der Waals surface area contributed by atoms with Gasteiger partial charge in [-0.25, -0.2) is 4.79 Å². The second-order valence-electron chi connectivity index (χ2n) is 9.65. The third-order valence-electron chi connectivity index (χ3n) is 8.49. The van der Waals surface area contributed by atoms with Gasteiger partial charge in [0, 0.05) is 5.41 Å².